The molecule has 0 aromatic carbocycles. The van der Waals surface area contributed by atoms with Crippen molar-refractivity contribution < 1.29 is 19.0 Å². The minimum Gasteiger partial charge on any atom is -0.453 e. The van der Waals surface area contributed by atoms with Gasteiger partial charge in [-0.25, -0.2) is 4.79 Å². The Hall–Kier alpha value is -0.810. The van der Waals surface area contributed by atoms with Gasteiger partial charge < -0.3 is 19.5 Å². The third kappa shape index (κ3) is 2.21. The molecular weight excluding hydrogens is 234 g/mol. The van der Waals surface area contributed by atoms with Gasteiger partial charge >= 0.3 is 6.09 Å². The molecule has 5 nitrogen and oxygen atoms in total. The van der Waals surface area contributed by atoms with Gasteiger partial charge in [0.2, 0.25) is 0 Å². The monoisotopic (exact) mass is 255 g/mol. The van der Waals surface area contributed by atoms with Crippen molar-refractivity contribution in [3.8, 4) is 0 Å². The van der Waals surface area contributed by atoms with Gasteiger partial charge in [-0.2, -0.15) is 0 Å². The van der Waals surface area contributed by atoms with Crippen LogP contribution in [-0.2, 0) is 14.2 Å². The zero-order valence-corrected chi connectivity index (χ0v) is 10.8. The summed E-state index contributed by atoms with van der Waals surface area (Å²) in [4.78, 5) is 11.2. The second-order valence-corrected chi connectivity index (χ2v) is 5.68. The van der Waals surface area contributed by atoms with Crippen molar-refractivity contribution in [2.45, 2.75) is 43.9 Å². The van der Waals surface area contributed by atoms with Crippen molar-refractivity contribution in [3.05, 3.63) is 0 Å². The van der Waals surface area contributed by atoms with Gasteiger partial charge in [0.05, 0.1) is 20.3 Å². The number of carbonyl (C=O) groups excluding carboxylic acids is 1. The lowest BCUT2D eigenvalue weighted by atomic mass is 9.79. The highest BCUT2D eigenvalue weighted by Crippen LogP contribution is 2.50. The maximum Gasteiger partial charge on any atom is 0.407 e. The Bertz CT molecular complexity index is 327. The predicted octanol–water partition coefficient (Wildman–Crippen LogP) is 1.66. The molecule has 1 aliphatic heterocycles. The molecule has 3 aliphatic rings. The second-order valence-electron chi connectivity index (χ2n) is 5.68. The lowest BCUT2D eigenvalue weighted by Gasteiger charge is -2.31. The van der Waals surface area contributed by atoms with E-state index in [2.05, 4.69) is 10.1 Å². The minimum absolute atomic E-state index is 0.246. The number of alkyl carbamates (subject to hydrolysis) is 1. The summed E-state index contributed by atoms with van der Waals surface area (Å²) in [5.74, 6) is 1.01. The SMILES string of the molecule is COC(=O)NC1CCC2CC3(C[C@@H]2C1)OCCO3. The molecule has 0 aromatic heterocycles. The van der Waals surface area contributed by atoms with Crippen LogP contribution in [0.5, 0.6) is 0 Å². The van der Waals surface area contributed by atoms with Gasteiger partial charge in [-0.15, -0.1) is 0 Å². The fraction of sp³-hybridized carbons (Fsp3) is 0.923. The number of methoxy groups -OCH3 is 1. The summed E-state index contributed by atoms with van der Waals surface area (Å²) >= 11 is 0. The molecule has 1 saturated heterocycles. The number of rotatable bonds is 1. The van der Waals surface area contributed by atoms with E-state index in [0.717, 1.165) is 45.3 Å². The maximum atomic E-state index is 11.2. The van der Waals surface area contributed by atoms with Gasteiger partial charge in [0.1, 0.15) is 0 Å². The smallest absolute Gasteiger partial charge is 0.407 e. The second kappa shape index (κ2) is 4.70. The number of hydrogen-bond acceptors (Lipinski definition) is 4. The molecule has 1 amide bonds. The van der Waals surface area contributed by atoms with Gasteiger partial charge in [0.15, 0.2) is 5.79 Å². The van der Waals surface area contributed by atoms with E-state index < -0.39 is 0 Å². The van der Waals surface area contributed by atoms with Crippen LogP contribution < -0.4 is 5.32 Å². The van der Waals surface area contributed by atoms with Gasteiger partial charge in [-0.1, -0.05) is 0 Å². The van der Waals surface area contributed by atoms with E-state index in [4.69, 9.17) is 9.47 Å². The molecule has 2 saturated carbocycles. The van der Waals surface area contributed by atoms with Gasteiger partial charge in [-0.3, -0.25) is 0 Å². The van der Waals surface area contributed by atoms with E-state index in [1.54, 1.807) is 0 Å². The number of nitrogens with one attached hydrogen (secondary N) is 1. The molecule has 1 N–H and O–H groups in total. The summed E-state index contributed by atoms with van der Waals surface area (Å²) in [6.07, 6.45) is 4.90. The summed E-state index contributed by atoms with van der Waals surface area (Å²) in [7, 11) is 1.41. The molecular formula is C13H21NO4. The molecule has 18 heavy (non-hydrogen) atoms. The molecule has 102 valence electrons. The summed E-state index contributed by atoms with van der Waals surface area (Å²) in [5.41, 5.74) is 0. The number of ether oxygens (including phenoxy) is 3. The van der Waals surface area contributed by atoms with Crippen LogP contribution in [0.15, 0.2) is 0 Å². The molecule has 2 aliphatic carbocycles. The van der Waals surface area contributed by atoms with E-state index in [9.17, 15) is 4.79 Å². The minimum atomic E-state index is -0.320. The highest BCUT2D eigenvalue weighted by molar-refractivity contribution is 5.67. The average molecular weight is 255 g/mol. The van der Waals surface area contributed by atoms with Crippen LogP contribution in [0.1, 0.15) is 32.1 Å². The summed E-state index contributed by atoms with van der Waals surface area (Å²) in [6, 6.07) is 0.246. The maximum absolute atomic E-state index is 11.2. The van der Waals surface area contributed by atoms with Crippen LogP contribution in [0.25, 0.3) is 0 Å². The highest BCUT2D eigenvalue weighted by atomic mass is 16.7. The number of amides is 1. The van der Waals surface area contributed by atoms with E-state index in [1.165, 1.54) is 7.11 Å². The van der Waals surface area contributed by atoms with Crippen molar-refractivity contribution in [1.29, 1.82) is 0 Å². The first kappa shape index (κ1) is 12.2. The van der Waals surface area contributed by atoms with E-state index in [-0.39, 0.29) is 17.9 Å². The number of hydrogen-bond donors (Lipinski definition) is 1. The molecule has 2 unspecified atom stereocenters. The Morgan fingerprint density at radius 3 is 2.67 bits per heavy atom. The van der Waals surface area contributed by atoms with Gasteiger partial charge in [0, 0.05) is 18.9 Å². The summed E-state index contributed by atoms with van der Waals surface area (Å²) in [6.45, 7) is 1.45. The molecule has 3 fully saturated rings. The Kier molecular flexibility index (Phi) is 3.20. The molecule has 0 aromatic rings. The molecule has 3 atom stereocenters. The van der Waals surface area contributed by atoms with Crippen LogP contribution in [0, 0.1) is 11.8 Å². The van der Waals surface area contributed by atoms with Crippen molar-refractivity contribution in [2.75, 3.05) is 20.3 Å². The zero-order chi connectivity index (χ0) is 12.6. The van der Waals surface area contributed by atoms with E-state index >= 15 is 0 Å². The number of carbonyl (C=O) groups is 1. The van der Waals surface area contributed by atoms with Crippen LogP contribution in [-0.4, -0.2) is 38.2 Å². The fourth-order valence-corrected chi connectivity index (χ4v) is 3.82. The van der Waals surface area contributed by atoms with Crippen LogP contribution in [0.3, 0.4) is 0 Å². The Morgan fingerprint density at radius 1 is 1.22 bits per heavy atom. The first-order chi connectivity index (χ1) is 8.71. The van der Waals surface area contributed by atoms with E-state index in [1.807, 2.05) is 0 Å². The molecule has 3 rings (SSSR count). The lowest BCUT2D eigenvalue weighted by molar-refractivity contribution is -0.154. The van der Waals surface area contributed by atoms with Crippen molar-refractivity contribution in [3.63, 3.8) is 0 Å². The van der Waals surface area contributed by atoms with Gasteiger partial charge in [-0.05, 0) is 31.1 Å². The van der Waals surface area contributed by atoms with Crippen molar-refractivity contribution in [2.24, 2.45) is 11.8 Å². The largest absolute Gasteiger partial charge is 0.453 e. The third-order valence-corrected chi connectivity index (χ3v) is 4.61. The molecule has 1 spiro atoms. The Balaban J connectivity index is 1.58. The Labute approximate surface area is 107 Å². The van der Waals surface area contributed by atoms with E-state index in [0.29, 0.717) is 11.8 Å². The molecule has 0 bridgehead atoms. The normalized spacial score (nSPS) is 37.5. The summed E-state index contributed by atoms with van der Waals surface area (Å²) in [5, 5.41) is 2.92. The zero-order valence-electron chi connectivity index (χ0n) is 10.8. The summed E-state index contributed by atoms with van der Waals surface area (Å²) < 4.78 is 16.3. The highest BCUT2D eigenvalue weighted by Gasteiger charge is 2.50. The van der Waals surface area contributed by atoms with Crippen LogP contribution in [0.4, 0.5) is 4.79 Å². The molecule has 5 heteroatoms. The average Bonchev–Trinajstić information content (AvgIpc) is 2.95. The predicted molar refractivity (Wildman–Crippen MR) is 64.0 cm³/mol. The van der Waals surface area contributed by atoms with Gasteiger partial charge in [0.25, 0.3) is 0 Å². The molecule has 1 heterocycles. The van der Waals surface area contributed by atoms with Crippen LogP contribution >= 0.6 is 0 Å². The van der Waals surface area contributed by atoms with Crippen molar-refractivity contribution in [1.82, 2.24) is 5.32 Å². The topological polar surface area (TPSA) is 56.8 Å². The lowest BCUT2D eigenvalue weighted by Crippen LogP contribution is -2.39. The first-order valence-corrected chi connectivity index (χ1v) is 6.83. The van der Waals surface area contributed by atoms with Crippen LogP contribution in [0.2, 0.25) is 0 Å². The number of fused-ring (bicyclic) bond motifs is 1. The standard InChI is InChI=1S/C13H21NO4/c1-16-12(15)14-11-3-2-9-7-13(8-10(9)6-11)17-4-5-18-13/h9-11H,2-8H2,1H3,(H,14,15)/t9?,10-,11?/m0/s1. The quantitative estimate of drug-likeness (QED) is 0.774. The van der Waals surface area contributed by atoms with Crippen molar-refractivity contribution >= 4 is 6.09 Å². The first-order valence-electron chi connectivity index (χ1n) is 6.83. The fourth-order valence-electron chi connectivity index (χ4n) is 3.82. The Morgan fingerprint density at radius 2 is 1.94 bits per heavy atom. The molecule has 0 radical (unpaired) electrons. The third-order valence-electron chi connectivity index (χ3n) is 4.61.